The van der Waals surface area contributed by atoms with E-state index < -0.39 is 28.3 Å². The van der Waals surface area contributed by atoms with Crippen LogP contribution in [0.15, 0.2) is 60.7 Å². The maximum absolute atomic E-state index is 14.1. The number of non-ortho nitro benzene ring substituents is 1. The second-order valence-corrected chi connectivity index (χ2v) is 12.3. The number of carboxylic acid groups (broad SMARTS) is 1. The van der Waals surface area contributed by atoms with E-state index in [4.69, 9.17) is 14.6 Å². The molecule has 4 aliphatic carbocycles. The summed E-state index contributed by atoms with van der Waals surface area (Å²) in [5.41, 5.74) is 0.756. The molecule has 226 valence electrons. The summed E-state index contributed by atoms with van der Waals surface area (Å²) in [5, 5.41) is 31.1. The van der Waals surface area contributed by atoms with Crippen molar-refractivity contribution in [1.82, 2.24) is 15.1 Å². The molecule has 0 aliphatic heterocycles. The molecule has 8 rings (SSSR count). The van der Waals surface area contributed by atoms with E-state index in [9.17, 15) is 24.8 Å². The third-order valence-electron chi connectivity index (χ3n) is 9.87. The number of aliphatic carboxylic acids is 1. The number of fused-ring (bicyclic) bond motifs is 1. The van der Waals surface area contributed by atoms with Crippen molar-refractivity contribution in [1.29, 1.82) is 0 Å². The van der Waals surface area contributed by atoms with Crippen molar-refractivity contribution in [2.24, 2.45) is 23.7 Å². The Morgan fingerprint density at radius 3 is 2.25 bits per heavy atom. The molecule has 11 nitrogen and oxygen atoms in total. The minimum atomic E-state index is -0.864. The Bertz CT molecular complexity index is 1800. The van der Waals surface area contributed by atoms with Crippen LogP contribution in [0.5, 0.6) is 11.5 Å². The molecule has 4 fully saturated rings. The summed E-state index contributed by atoms with van der Waals surface area (Å²) in [7, 11) is 3.07. The molecule has 4 saturated carbocycles. The van der Waals surface area contributed by atoms with Gasteiger partial charge in [-0.1, -0.05) is 24.3 Å². The average molecular weight is 597 g/mol. The smallest absolute Gasteiger partial charge is 0.309 e. The molecule has 0 spiro atoms. The van der Waals surface area contributed by atoms with Crippen LogP contribution in [0.1, 0.15) is 42.6 Å². The minimum absolute atomic E-state index is 0.0487. The predicted molar refractivity (Wildman–Crippen MR) is 161 cm³/mol. The number of ether oxygens (including phenoxy) is 2. The van der Waals surface area contributed by atoms with Gasteiger partial charge in [0.15, 0.2) is 5.69 Å². The van der Waals surface area contributed by atoms with E-state index in [0.717, 1.165) is 19.3 Å². The molecular formula is C33H32N4O7. The maximum Gasteiger partial charge on any atom is 0.309 e. The van der Waals surface area contributed by atoms with E-state index in [0.29, 0.717) is 63.9 Å². The summed E-state index contributed by atoms with van der Waals surface area (Å²) in [5.74, 6) is -0.145. The van der Waals surface area contributed by atoms with Crippen LogP contribution in [-0.2, 0) is 4.79 Å². The molecule has 4 aliphatic rings. The molecule has 1 aromatic heterocycles. The molecule has 3 unspecified atom stereocenters. The van der Waals surface area contributed by atoms with E-state index in [-0.39, 0.29) is 17.3 Å². The predicted octanol–water partition coefficient (Wildman–Crippen LogP) is 5.63. The highest BCUT2D eigenvalue weighted by Crippen LogP contribution is 2.58. The zero-order valence-electron chi connectivity index (χ0n) is 24.4. The number of methoxy groups -OCH3 is 2. The summed E-state index contributed by atoms with van der Waals surface area (Å²) < 4.78 is 13.0. The third kappa shape index (κ3) is 4.29. The largest absolute Gasteiger partial charge is 0.496 e. The number of carbonyl (C=O) groups excluding carboxylic acids is 1. The summed E-state index contributed by atoms with van der Waals surface area (Å²) in [6.45, 7) is 0. The van der Waals surface area contributed by atoms with Crippen LogP contribution >= 0.6 is 0 Å². The normalized spacial score (nSPS) is 25.1. The zero-order valence-corrected chi connectivity index (χ0v) is 24.4. The number of amides is 1. The Morgan fingerprint density at radius 2 is 1.64 bits per heavy atom. The molecule has 3 atom stereocenters. The van der Waals surface area contributed by atoms with Crippen LogP contribution in [0.3, 0.4) is 0 Å². The fraction of sp³-hybridized carbons (Fsp3) is 0.364. The molecule has 1 amide bonds. The standard InChI is InChI=1S/C33H32N4O7/c1-43-27-8-5-9-28(44-2)29(27)26-15-23(35-36(26)24-10-11-25(37(41)42)22-7-4-3-6-21(22)24)31(38)34-33-16-18-12-19(17-33)14-20(13-18)30(33)32(39)40/h3-11,15,18-20,30H,12-14,16-17H2,1-2H3,(H,34,38)(H,39,40). The van der Waals surface area contributed by atoms with Gasteiger partial charge in [-0.2, -0.15) is 5.10 Å². The highest BCUT2D eigenvalue weighted by atomic mass is 16.6. The molecule has 1 heterocycles. The lowest BCUT2D eigenvalue weighted by Gasteiger charge is -2.59. The van der Waals surface area contributed by atoms with Gasteiger partial charge < -0.3 is 19.9 Å². The topological polar surface area (TPSA) is 146 Å². The quantitative estimate of drug-likeness (QED) is 0.197. The molecule has 4 bridgehead atoms. The number of hydrogen-bond acceptors (Lipinski definition) is 7. The summed E-state index contributed by atoms with van der Waals surface area (Å²) >= 11 is 0. The first-order chi connectivity index (χ1) is 21.2. The third-order valence-corrected chi connectivity index (χ3v) is 9.87. The number of carboxylic acids is 1. The Balaban J connectivity index is 1.39. The van der Waals surface area contributed by atoms with Gasteiger partial charge in [0.05, 0.1) is 52.9 Å². The van der Waals surface area contributed by atoms with Crippen molar-refractivity contribution in [2.75, 3.05) is 14.2 Å². The van der Waals surface area contributed by atoms with Crippen LogP contribution < -0.4 is 14.8 Å². The van der Waals surface area contributed by atoms with Crippen molar-refractivity contribution < 1.29 is 29.1 Å². The fourth-order valence-corrected chi connectivity index (χ4v) is 8.52. The van der Waals surface area contributed by atoms with Crippen molar-refractivity contribution in [3.63, 3.8) is 0 Å². The van der Waals surface area contributed by atoms with Crippen molar-refractivity contribution in [2.45, 2.75) is 37.6 Å². The van der Waals surface area contributed by atoms with Gasteiger partial charge in [0.1, 0.15) is 11.5 Å². The second kappa shape index (κ2) is 10.4. The van der Waals surface area contributed by atoms with E-state index in [2.05, 4.69) is 5.32 Å². The van der Waals surface area contributed by atoms with Gasteiger partial charge in [0.2, 0.25) is 0 Å². The van der Waals surface area contributed by atoms with Crippen LogP contribution in [0.25, 0.3) is 27.7 Å². The first-order valence-corrected chi connectivity index (χ1v) is 14.8. The van der Waals surface area contributed by atoms with Crippen LogP contribution in [-0.4, -0.2) is 51.4 Å². The van der Waals surface area contributed by atoms with Gasteiger partial charge >= 0.3 is 5.97 Å². The number of nitro groups is 1. The van der Waals surface area contributed by atoms with E-state index >= 15 is 0 Å². The summed E-state index contributed by atoms with van der Waals surface area (Å²) in [4.78, 5) is 38.1. The van der Waals surface area contributed by atoms with Gasteiger partial charge in [-0.25, -0.2) is 4.68 Å². The Hall–Kier alpha value is -4.93. The number of rotatable bonds is 8. The monoisotopic (exact) mass is 596 g/mol. The van der Waals surface area contributed by atoms with Crippen molar-refractivity contribution in [3.05, 3.63) is 76.5 Å². The number of nitro benzene ring substituents is 1. The van der Waals surface area contributed by atoms with Crippen molar-refractivity contribution >= 4 is 28.3 Å². The number of aromatic nitrogens is 2. The van der Waals surface area contributed by atoms with Crippen LogP contribution in [0.2, 0.25) is 0 Å². The van der Waals surface area contributed by atoms with Gasteiger partial charge in [0.25, 0.3) is 11.6 Å². The molecule has 0 saturated heterocycles. The number of nitrogens with zero attached hydrogens (tertiary/aromatic N) is 3. The first-order valence-electron chi connectivity index (χ1n) is 14.8. The molecule has 3 aromatic carbocycles. The lowest BCUT2D eigenvalue weighted by atomic mass is 9.48. The number of hydrogen-bond donors (Lipinski definition) is 2. The maximum atomic E-state index is 14.1. The summed E-state index contributed by atoms with van der Waals surface area (Å²) in [6, 6.07) is 17.0. The Kier molecular flexibility index (Phi) is 6.56. The van der Waals surface area contributed by atoms with Gasteiger partial charge in [-0.15, -0.1) is 0 Å². The zero-order chi connectivity index (χ0) is 30.7. The summed E-state index contributed by atoms with van der Waals surface area (Å²) in [6.07, 6.45) is 4.16. The van der Waals surface area contributed by atoms with Gasteiger partial charge in [-0.3, -0.25) is 19.7 Å². The SMILES string of the molecule is COc1cccc(OC)c1-c1cc(C(=O)NC23CC4CC(CC(C4)C2C(=O)O)C3)nn1-c1ccc([N+](=O)[O-])c2ccccc12. The lowest BCUT2D eigenvalue weighted by molar-refractivity contribution is -0.383. The molecule has 44 heavy (non-hydrogen) atoms. The van der Waals surface area contributed by atoms with Crippen LogP contribution in [0.4, 0.5) is 5.69 Å². The van der Waals surface area contributed by atoms with E-state index in [1.165, 1.54) is 20.3 Å². The first kappa shape index (κ1) is 27.9. The highest BCUT2D eigenvalue weighted by Gasteiger charge is 2.60. The van der Waals surface area contributed by atoms with Crippen molar-refractivity contribution in [3.8, 4) is 28.4 Å². The fourth-order valence-electron chi connectivity index (χ4n) is 8.52. The number of carbonyl (C=O) groups is 2. The molecule has 2 N–H and O–H groups in total. The van der Waals surface area contributed by atoms with E-state index in [1.807, 2.05) is 0 Å². The van der Waals surface area contributed by atoms with E-state index in [1.54, 1.807) is 59.3 Å². The van der Waals surface area contributed by atoms with Gasteiger partial charge in [0, 0.05) is 11.5 Å². The molecule has 11 heteroatoms. The number of nitrogens with one attached hydrogen (secondary N) is 1. The molecule has 4 aromatic rings. The Labute approximate surface area is 252 Å². The lowest BCUT2D eigenvalue weighted by Crippen LogP contribution is -2.67. The minimum Gasteiger partial charge on any atom is -0.496 e. The average Bonchev–Trinajstić information content (AvgIpc) is 3.44. The second-order valence-electron chi connectivity index (χ2n) is 12.3. The Morgan fingerprint density at radius 1 is 0.977 bits per heavy atom. The molecular weight excluding hydrogens is 564 g/mol. The molecule has 0 radical (unpaired) electrons. The van der Waals surface area contributed by atoms with Crippen LogP contribution in [0, 0.1) is 33.8 Å². The number of benzene rings is 3. The van der Waals surface area contributed by atoms with Gasteiger partial charge in [-0.05, 0) is 80.2 Å². The highest BCUT2D eigenvalue weighted by molar-refractivity contribution is 5.99.